The van der Waals surface area contributed by atoms with Crippen molar-refractivity contribution in [1.29, 1.82) is 0 Å². The molecule has 3 heterocycles. The summed E-state index contributed by atoms with van der Waals surface area (Å²) in [5.74, 6) is 0.921. The minimum absolute atomic E-state index is 0.886. The second-order valence-corrected chi connectivity index (χ2v) is 8.28. The van der Waals surface area contributed by atoms with Gasteiger partial charge < -0.3 is 5.32 Å². The molecule has 5 aromatic rings. The van der Waals surface area contributed by atoms with E-state index < -0.39 is 0 Å². The van der Waals surface area contributed by atoms with E-state index in [1.54, 1.807) is 17.7 Å². The molecule has 0 spiro atoms. The number of benzene rings is 2. The monoisotopic (exact) mass is 417 g/mol. The lowest BCUT2D eigenvalue weighted by atomic mass is 10.1. The molecule has 0 aliphatic heterocycles. The molecule has 0 saturated heterocycles. The molecule has 0 fully saturated rings. The van der Waals surface area contributed by atoms with E-state index in [2.05, 4.69) is 71.9 Å². The third-order valence-corrected chi connectivity index (χ3v) is 6.40. The van der Waals surface area contributed by atoms with E-state index in [-0.39, 0.29) is 0 Å². The number of aryl methyl sites for hydroxylation is 1. The van der Waals surface area contributed by atoms with Crippen molar-refractivity contribution in [1.82, 2.24) is 18.7 Å². The number of rotatable bonds is 7. The van der Waals surface area contributed by atoms with Gasteiger partial charge in [0.2, 0.25) is 0 Å². The maximum Gasteiger partial charge on any atom is 0.138 e. The Morgan fingerprint density at radius 2 is 1.79 bits per heavy atom. The predicted octanol–water partition coefficient (Wildman–Crippen LogP) is 5.80. The highest BCUT2D eigenvalue weighted by Gasteiger charge is 2.12. The van der Waals surface area contributed by atoms with E-state index in [9.17, 15) is 0 Å². The molecule has 2 aromatic carbocycles. The largest absolute Gasteiger partial charge is 0.369 e. The lowest BCUT2D eigenvalue weighted by molar-refractivity contribution is 0.762. The van der Waals surface area contributed by atoms with E-state index in [0.717, 1.165) is 52.9 Å². The third kappa shape index (κ3) is 3.83. The summed E-state index contributed by atoms with van der Waals surface area (Å²) in [6, 6.07) is 16.8. The minimum atomic E-state index is 0.886. The zero-order valence-corrected chi connectivity index (χ0v) is 17.3. The van der Waals surface area contributed by atoms with E-state index in [1.807, 2.05) is 6.07 Å². The molecule has 0 radical (unpaired) electrons. The Labute approximate surface area is 176 Å². The number of hydrogen-bond acceptors (Lipinski definition) is 7. The van der Waals surface area contributed by atoms with E-state index in [4.69, 9.17) is 0 Å². The average molecular weight is 418 g/mol. The molecule has 3 aromatic heterocycles. The van der Waals surface area contributed by atoms with Crippen molar-refractivity contribution < 1.29 is 0 Å². The fraction of sp³-hybridized carbons (Fsp3) is 0.182. The summed E-state index contributed by atoms with van der Waals surface area (Å²) in [4.78, 5) is 9.99. The predicted molar refractivity (Wildman–Crippen MR) is 122 cm³/mol. The quantitative estimate of drug-likeness (QED) is 0.339. The number of thiophene rings is 1. The third-order valence-electron chi connectivity index (χ3n) is 4.96. The molecule has 0 bridgehead atoms. The zero-order valence-electron chi connectivity index (χ0n) is 15.7. The van der Waals surface area contributed by atoms with Crippen LogP contribution >= 0.6 is 23.1 Å². The Kier molecular flexibility index (Phi) is 5.15. The second kappa shape index (κ2) is 8.23. The molecule has 0 saturated carbocycles. The van der Waals surface area contributed by atoms with Crippen LogP contribution in [0.3, 0.4) is 0 Å². The van der Waals surface area contributed by atoms with Crippen LogP contribution in [-0.2, 0) is 6.42 Å². The van der Waals surface area contributed by atoms with Crippen molar-refractivity contribution in [3.8, 4) is 11.1 Å². The first-order valence-corrected chi connectivity index (χ1v) is 11.2. The Hall–Kier alpha value is -2.90. The van der Waals surface area contributed by atoms with Gasteiger partial charge in [-0.3, -0.25) is 0 Å². The summed E-state index contributed by atoms with van der Waals surface area (Å²) in [5, 5.41) is 6.82. The van der Waals surface area contributed by atoms with Crippen molar-refractivity contribution >= 4 is 50.1 Å². The number of nitrogens with zero attached hydrogens (tertiary/aromatic N) is 4. The van der Waals surface area contributed by atoms with Gasteiger partial charge in [-0.05, 0) is 42.5 Å². The first kappa shape index (κ1) is 18.1. The average Bonchev–Trinajstić information content (AvgIpc) is 3.41. The summed E-state index contributed by atoms with van der Waals surface area (Å²) in [5.41, 5.74) is 5.69. The number of hydrogen-bond donors (Lipinski definition) is 1. The number of aromatic nitrogens is 4. The van der Waals surface area contributed by atoms with Crippen LogP contribution in [0.5, 0.6) is 0 Å². The molecule has 0 aliphatic rings. The van der Waals surface area contributed by atoms with Gasteiger partial charge in [-0.1, -0.05) is 36.4 Å². The summed E-state index contributed by atoms with van der Waals surface area (Å²) >= 11 is 2.94. The van der Waals surface area contributed by atoms with Crippen LogP contribution in [0.1, 0.15) is 18.4 Å². The standard InChI is InChI=1S/C22H19N5S2/c1-2-7-16(8-3-1)17-13-28-22-20(17)21(24-14-25-22)23-11-5-4-6-15-9-10-18-19(12-15)27-29-26-18/h1-3,7-10,12-14H,4-6,11H2,(H,23,24,25). The molecule has 0 unspecified atom stereocenters. The molecular weight excluding hydrogens is 398 g/mol. The fourth-order valence-electron chi connectivity index (χ4n) is 3.48. The van der Waals surface area contributed by atoms with Crippen molar-refractivity contribution in [3.63, 3.8) is 0 Å². The molecular formula is C22H19N5S2. The number of unbranched alkanes of at least 4 members (excludes halogenated alkanes) is 1. The molecule has 0 amide bonds. The van der Waals surface area contributed by atoms with Crippen LogP contribution in [0.2, 0.25) is 0 Å². The highest BCUT2D eigenvalue weighted by atomic mass is 32.1. The molecule has 0 aliphatic carbocycles. The highest BCUT2D eigenvalue weighted by Crippen LogP contribution is 2.36. The van der Waals surface area contributed by atoms with Gasteiger partial charge >= 0.3 is 0 Å². The lowest BCUT2D eigenvalue weighted by Gasteiger charge is -2.08. The molecule has 7 heteroatoms. The topological polar surface area (TPSA) is 63.6 Å². The smallest absolute Gasteiger partial charge is 0.138 e. The Morgan fingerprint density at radius 3 is 2.72 bits per heavy atom. The maximum atomic E-state index is 4.52. The lowest BCUT2D eigenvalue weighted by Crippen LogP contribution is -2.04. The number of fused-ring (bicyclic) bond motifs is 2. The van der Waals surface area contributed by atoms with Crippen LogP contribution in [0, 0.1) is 0 Å². The number of anilines is 1. The molecule has 5 nitrogen and oxygen atoms in total. The van der Waals surface area contributed by atoms with Crippen LogP contribution in [0.4, 0.5) is 5.82 Å². The summed E-state index contributed by atoms with van der Waals surface area (Å²) in [6.45, 7) is 0.886. The van der Waals surface area contributed by atoms with E-state index in [1.165, 1.54) is 28.4 Å². The molecule has 29 heavy (non-hydrogen) atoms. The first-order chi connectivity index (χ1) is 14.4. The molecule has 5 rings (SSSR count). The summed E-state index contributed by atoms with van der Waals surface area (Å²) in [7, 11) is 0. The van der Waals surface area contributed by atoms with Gasteiger partial charge in [0.05, 0.1) is 17.1 Å². The summed E-state index contributed by atoms with van der Waals surface area (Å²) in [6.07, 6.45) is 4.87. The molecule has 144 valence electrons. The van der Waals surface area contributed by atoms with E-state index >= 15 is 0 Å². The van der Waals surface area contributed by atoms with Crippen molar-refractivity contribution in [2.45, 2.75) is 19.3 Å². The highest BCUT2D eigenvalue weighted by molar-refractivity contribution is 7.17. The van der Waals surface area contributed by atoms with Crippen LogP contribution in [-0.4, -0.2) is 25.3 Å². The second-order valence-electron chi connectivity index (χ2n) is 6.89. The minimum Gasteiger partial charge on any atom is -0.369 e. The summed E-state index contributed by atoms with van der Waals surface area (Å²) < 4.78 is 8.59. The van der Waals surface area contributed by atoms with Crippen LogP contribution in [0.15, 0.2) is 60.2 Å². The van der Waals surface area contributed by atoms with Crippen molar-refractivity contribution in [2.24, 2.45) is 0 Å². The fourth-order valence-corrected chi connectivity index (χ4v) is 4.92. The maximum absolute atomic E-state index is 4.52. The van der Waals surface area contributed by atoms with Crippen molar-refractivity contribution in [3.05, 3.63) is 65.8 Å². The Balaban J connectivity index is 1.24. The van der Waals surface area contributed by atoms with Gasteiger partial charge in [0.25, 0.3) is 0 Å². The van der Waals surface area contributed by atoms with Gasteiger partial charge in [0.1, 0.15) is 28.0 Å². The zero-order chi connectivity index (χ0) is 19.5. The normalized spacial score (nSPS) is 11.3. The van der Waals surface area contributed by atoms with Crippen LogP contribution < -0.4 is 5.32 Å². The Bertz CT molecular complexity index is 1250. The SMILES string of the molecule is c1ccc(-c2csc3ncnc(NCCCCc4ccc5nsnc5c4)c23)cc1. The molecule has 0 atom stereocenters. The van der Waals surface area contributed by atoms with Crippen molar-refractivity contribution in [2.75, 3.05) is 11.9 Å². The van der Waals surface area contributed by atoms with Gasteiger partial charge in [-0.2, -0.15) is 8.75 Å². The Morgan fingerprint density at radius 1 is 0.897 bits per heavy atom. The molecule has 1 N–H and O–H groups in total. The number of nitrogens with one attached hydrogen (secondary N) is 1. The van der Waals surface area contributed by atoms with Gasteiger partial charge in [0.15, 0.2) is 0 Å². The van der Waals surface area contributed by atoms with Gasteiger partial charge in [0, 0.05) is 17.5 Å². The van der Waals surface area contributed by atoms with Crippen LogP contribution in [0.25, 0.3) is 32.4 Å². The van der Waals surface area contributed by atoms with Gasteiger partial charge in [-0.15, -0.1) is 11.3 Å². The first-order valence-electron chi connectivity index (χ1n) is 9.61. The van der Waals surface area contributed by atoms with E-state index in [0.29, 0.717) is 0 Å². The van der Waals surface area contributed by atoms with Gasteiger partial charge in [-0.25, -0.2) is 9.97 Å².